The summed E-state index contributed by atoms with van der Waals surface area (Å²) in [6, 6.07) is 14.1. The number of methoxy groups -OCH3 is 2. The number of anilines is 2. The summed E-state index contributed by atoms with van der Waals surface area (Å²) >= 11 is 0. The Morgan fingerprint density at radius 1 is 0.926 bits per heavy atom. The molecule has 0 spiro atoms. The highest BCUT2D eigenvalue weighted by atomic mass is 16.5. The minimum absolute atomic E-state index is 0.133. The van der Waals surface area contributed by atoms with Crippen LogP contribution in [0.5, 0.6) is 5.75 Å². The number of nitrogens with one attached hydrogen (secondary N) is 3. The molecule has 7 heteroatoms. The Bertz CT molecular complexity index is 730. The summed E-state index contributed by atoms with van der Waals surface area (Å²) in [5, 5.41) is 8.64. The van der Waals surface area contributed by atoms with E-state index in [4.69, 9.17) is 9.47 Å². The molecule has 0 unspecified atom stereocenters. The molecule has 7 nitrogen and oxygen atoms in total. The number of amides is 2. The highest BCUT2D eigenvalue weighted by Crippen LogP contribution is 2.15. The summed E-state index contributed by atoms with van der Waals surface area (Å²) in [4.78, 5) is 24.0. The van der Waals surface area contributed by atoms with Crippen LogP contribution in [0, 0.1) is 0 Å². The Morgan fingerprint density at radius 3 is 2.22 bits per heavy atom. The van der Waals surface area contributed by atoms with Gasteiger partial charge in [0, 0.05) is 37.2 Å². The molecule has 0 aliphatic carbocycles. The maximum absolute atomic E-state index is 12.0. The monoisotopic (exact) mass is 371 g/mol. The van der Waals surface area contributed by atoms with Crippen LogP contribution in [0.4, 0.5) is 11.4 Å². The number of benzene rings is 2. The number of ether oxygens (including phenoxy) is 2. The first kappa shape index (κ1) is 20.3. The van der Waals surface area contributed by atoms with Crippen molar-refractivity contribution >= 4 is 23.2 Å². The zero-order chi connectivity index (χ0) is 19.5. The maximum Gasteiger partial charge on any atom is 0.251 e. The first-order chi connectivity index (χ1) is 13.1. The van der Waals surface area contributed by atoms with Crippen LogP contribution in [0.15, 0.2) is 48.5 Å². The molecule has 144 valence electrons. The number of hydrogen-bond donors (Lipinski definition) is 3. The van der Waals surface area contributed by atoms with Crippen LogP contribution in [-0.4, -0.2) is 45.7 Å². The van der Waals surface area contributed by atoms with Gasteiger partial charge in [0.15, 0.2) is 0 Å². The highest BCUT2D eigenvalue weighted by molar-refractivity contribution is 5.96. The molecule has 0 aliphatic rings. The first-order valence-electron chi connectivity index (χ1n) is 8.67. The van der Waals surface area contributed by atoms with Crippen LogP contribution in [0.25, 0.3) is 0 Å². The largest absolute Gasteiger partial charge is 0.497 e. The van der Waals surface area contributed by atoms with Gasteiger partial charge in [0.2, 0.25) is 5.91 Å². The summed E-state index contributed by atoms with van der Waals surface area (Å²) in [6.45, 7) is 1.30. The van der Waals surface area contributed by atoms with Crippen LogP contribution in [0.1, 0.15) is 16.8 Å². The van der Waals surface area contributed by atoms with Crippen LogP contribution in [0.2, 0.25) is 0 Å². The van der Waals surface area contributed by atoms with Crippen molar-refractivity contribution in [1.82, 2.24) is 5.32 Å². The molecular weight excluding hydrogens is 346 g/mol. The smallest absolute Gasteiger partial charge is 0.251 e. The molecule has 0 heterocycles. The van der Waals surface area contributed by atoms with Crippen molar-refractivity contribution in [3.05, 3.63) is 54.1 Å². The zero-order valence-corrected chi connectivity index (χ0v) is 15.6. The molecule has 3 N–H and O–H groups in total. The van der Waals surface area contributed by atoms with Gasteiger partial charge < -0.3 is 25.4 Å². The lowest BCUT2D eigenvalue weighted by Gasteiger charge is -2.09. The van der Waals surface area contributed by atoms with Gasteiger partial charge in [-0.05, 0) is 55.0 Å². The van der Waals surface area contributed by atoms with Gasteiger partial charge in [0.1, 0.15) is 5.75 Å². The Labute approximate surface area is 159 Å². The third-order valence-electron chi connectivity index (χ3n) is 3.78. The highest BCUT2D eigenvalue weighted by Gasteiger charge is 2.06. The van der Waals surface area contributed by atoms with Gasteiger partial charge in [0.25, 0.3) is 5.91 Å². The molecule has 0 aromatic heterocycles. The number of carbonyl (C=O) groups is 2. The fourth-order valence-electron chi connectivity index (χ4n) is 2.32. The predicted molar refractivity (Wildman–Crippen MR) is 105 cm³/mol. The van der Waals surface area contributed by atoms with Gasteiger partial charge in [-0.15, -0.1) is 0 Å². The average molecular weight is 371 g/mol. The minimum atomic E-state index is -0.178. The van der Waals surface area contributed by atoms with Gasteiger partial charge in [-0.3, -0.25) is 9.59 Å². The van der Waals surface area contributed by atoms with Gasteiger partial charge in [-0.25, -0.2) is 0 Å². The fraction of sp³-hybridized carbons (Fsp3) is 0.300. The Balaban J connectivity index is 1.77. The van der Waals surface area contributed by atoms with E-state index in [1.54, 1.807) is 38.5 Å². The molecule has 2 amide bonds. The van der Waals surface area contributed by atoms with Gasteiger partial charge in [-0.2, -0.15) is 0 Å². The SMILES string of the molecule is COCCCNC(=O)c1ccc(NC(=O)CNc2ccc(OC)cc2)cc1. The van der Waals surface area contributed by atoms with Gasteiger partial charge >= 0.3 is 0 Å². The van der Waals surface area contributed by atoms with Crippen molar-refractivity contribution in [3.63, 3.8) is 0 Å². The lowest BCUT2D eigenvalue weighted by Crippen LogP contribution is -2.25. The van der Waals surface area contributed by atoms with E-state index < -0.39 is 0 Å². The zero-order valence-electron chi connectivity index (χ0n) is 15.6. The van der Waals surface area contributed by atoms with E-state index in [1.165, 1.54) is 0 Å². The van der Waals surface area contributed by atoms with Crippen LogP contribution < -0.4 is 20.7 Å². The van der Waals surface area contributed by atoms with E-state index in [0.29, 0.717) is 24.4 Å². The van der Waals surface area contributed by atoms with E-state index in [-0.39, 0.29) is 18.4 Å². The fourth-order valence-corrected chi connectivity index (χ4v) is 2.32. The Kier molecular flexibility index (Phi) is 8.12. The summed E-state index contributed by atoms with van der Waals surface area (Å²) in [5.41, 5.74) is 2.00. The van der Waals surface area contributed by atoms with Crippen molar-refractivity contribution in [2.45, 2.75) is 6.42 Å². The van der Waals surface area contributed by atoms with E-state index in [2.05, 4.69) is 16.0 Å². The predicted octanol–water partition coefficient (Wildman–Crippen LogP) is 2.51. The third kappa shape index (κ3) is 6.99. The molecule has 0 bridgehead atoms. The minimum Gasteiger partial charge on any atom is -0.497 e. The van der Waals surface area contributed by atoms with E-state index in [1.807, 2.05) is 24.3 Å². The second-order valence-electron chi connectivity index (χ2n) is 5.81. The van der Waals surface area contributed by atoms with Gasteiger partial charge in [0.05, 0.1) is 13.7 Å². The molecule has 2 aromatic carbocycles. The molecule has 0 saturated carbocycles. The third-order valence-corrected chi connectivity index (χ3v) is 3.78. The molecule has 2 rings (SSSR count). The molecular formula is C20H25N3O4. The van der Waals surface area contributed by atoms with Crippen molar-refractivity contribution < 1.29 is 19.1 Å². The van der Waals surface area contributed by atoms with E-state index in [0.717, 1.165) is 17.9 Å². The van der Waals surface area contributed by atoms with Crippen molar-refractivity contribution in [1.29, 1.82) is 0 Å². The molecule has 0 saturated heterocycles. The second kappa shape index (κ2) is 10.8. The van der Waals surface area contributed by atoms with Crippen LogP contribution >= 0.6 is 0 Å². The molecule has 0 atom stereocenters. The lowest BCUT2D eigenvalue weighted by atomic mass is 10.2. The van der Waals surface area contributed by atoms with Gasteiger partial charge in [-0.1, -0.05) is 0 Å². The van der Waals surface area contributed by atoms with E-state index >= 15 is 0 Å². The first-order valence-corrected chi connectivity index (χ1v) is 8.67. The summed E-state index contributed by atoms with van der Waals surface area (Å²) in [6.07, 6.45) is 0.761. The topological polar surface area (TPSA) is 88.7 Å². The number of rotatable bonds is 10. The molecule has 0 fully saturated rings. The van der Waals surface area contributed by atoms with Crippen LogP contribution in [0.3, 0.4) is 0 Å². The Morgan fingerprint density at radius 2 is 1.59 bits per heavy atom. The number of hydrogen-bond acceptors (Lipinski definition) is 5. The van der Waals surface area contributed by atoms with Crippen LogP contribution in [-0.2, 0) is 9.53 Å². The summed E-state index contributed by atoms with van der Waals surface area (Å²) in [7, 11) is 3.23. The molecule has 2 aromatic rings. The molecule has 0 aliphatic heterocycles. The van der Waals surface area contributed by atoms with Crippen molar-refractivity contribution in [2.75, 3.05) is 44.5 Å². The molecule has 27 heavy (non-hydrogen) atoms. The van der Waals surface area contributed by atoms with Crippen molar-refractivity contribution in [3.8, 4) is 5.75 Å². The summed E-state index contributed by atoms with van der Waals surface area (Å²) < 4.78 is 10.0. The normalized spacial score (nSPS) is 10.1. The Hall–Kier alpha value is -3.06. The average Bonchev–Trinajstić information content (AvgIpc) is 2.70. The number of carbonyl (C=O) groups excluding carboxylic acids is 2. The van der Waals surface area contributed by atoms with E-state index in [9.17, 15) is 9.59 Å². The molecule has 0 radical (unpaired) electrons. The quantitative estimate of drug-likeness (QED) is 0.559. The summed E-state index contributed by atoms with van der Waals surface area (Å²) in [5.74, 6) is 0.431. The second-order valence-corrected chi connectivity index (χ2v) is 5.81. The lowest BCUT2D eigenvalue weighted by molar-refractivity contribution is -0.114. The maximum atomic E-state index is 12.0. The standard InChI is InChI=1S/C20H25N3O4/c1-26-13-3-12-21-20(25)15-4-6-17(7-5-15)23-19(24)14-22-16-8-10-18(27-2)11-9-16/h4-11,22H,3,12-14H2,1-2H3,(H,21,25)(H,23,24). The van der Waals surface area contributed by atoms with Crippen molar-refractivity contribution in [2.24, 2.45) is 0 Å².